The third-order valence-corrected chi connectivity index (χ3v) is 9.51. The standard InChI is InChI=1S/C24H34O3/c1-3-23-9-7-17-16-6-5-15(26)12-18(16)14(2)11-19(17)22(23)20-13-21(20)24(23,27)8-4-10-25/h4,8,12,14,16-17,19-22,25,27H,3,5-7,9-11,13H2,1-2H3/b8-4-/t14-,16+,17?,19?,20+,21-,22?,23?,24?/m0/s1. The summed E-state index contributed by atoms with van der Waals surface area (Å²) < 4.78 is 0. The molecule has 3 heteroatoms. The second-order valence-corrected chi connectivity index (χ2v) is 10.2. The SMILES string of the molecule is CCC12CCC3C(C[C@H](C)C4=CC(=O)CC[C@@H]43)C1[C@@H]1C[C@@H]1C2(O)/C=C\CO. The lowest BCUT2D eigenvalue weighted by Gasteiger charge is -2.59. The normalized spacial score (nSPS) is 53.4. The summed E-state index contributed by atoms with van der Waals surface area (Å²) in [7, 11) is 0. The van der Waals surface area contributed by atoms with Crippen LogP contribution in [0.2, 0.25) is 0 Å². The van der Waals surface area contributed by atoms with Crippen molar-refractivity contribution in [3.8, 4) is 0 Å². The van der Waals surface area contributed by atoms with Crippen molar-refractivity contribution in [1.29, 1.82) is 0 Å². The fourth-order valence-corrected chi connectivity index (χ4v) is 8.54. The lowest BCUT2D eigenvalue weighted by molar-refractivity contribution is -0.130. The lowest BCUT2D eigenvalue weighted by atomic mass is 9.47. The van der Waals surface area contributed by atoms with Crippen LogP contribution in [0.3, 0.4) is 0 Å². The number of ketones is 1. The van der Waals surface area contributed by atoms with Gasteiger partial charge >= 0.3 is 0 Å². The Morgan fingerprint density at radius 1 is 1.22 bits per heavy atom. The van der Waals surface area contributed by atoms with Crippen LogP contribution in [0.4, 0.5) is 0 Å². The van der Waals surface area contributed by atoms with Crippen LogP contribution in [-0.4, -0.2) is 28.2 Å². The maximum absolute atomic E-state index is 12.0. The van der Waals surface area contributed by atoms with Crippen molar-refractivity contribution < 1.29 is 15.0 Å². The maximum atomic E-state index is 12.0. The monoisotopic (exact) mass is 370 g/mol. The molecule has 27 heavy (non-hydrogen) atoms. The molecule has 5 rings (SSSR count). The zero-order valence-electron chi connectivity index (χ0n) is 16.7. The van der Waals surface area contributed by atoms with Gasteiger partial charge in [-0.15, -0.1) is 0 Å². The van der Waals surface area contributed by atoms with Gasteiger partial charge in [-0.3, -0.25) is 4.79 Å². The topological polar surface area (TPSA) is 57.5 Å². The average Bonchev–Trinajstić information content (AvgIpc) is 3.42. The highest BCUT2D eigenvalue weighted by Gasteiger charge is 2.75. The van der Waals surface area contributed by atoms with Gasteiger partial charge in [0.15, 0.2) is 5.78 Å². The van der Waals surface area contributed by atoms with Crippen molar-refractivity contribution >= 4 is 5.78 Å². The summed E-state index contributed by atoms with van der Waals surface area (Å²) in [6.07, 6.45) is 13.2. The van der Waals surface area contributed by atoms with Gasteiger partial charge in [0.1, 0.15) is 0 Å². The summed E-state index contributed by atoms with van der Waals surface area (Å²) >= 11 is 0. The van der Waals surface area contributed by atoms with Gasteiger partial charge < -0.3 is 10.2 Å². The molecule has 9 atom stereocenters. The van der Waals surface area contributed by atoms with Gasteiger partial charge in [-0.1, -0.05) is 31.6 Å². The average molecular weight is 371 g/mol. The van der Waals surface area contributed by atoms with Crippen molar-refractivity contribution in [3.63, 3.8) is 0 Å². The Bertz CT molecular complexity index is 708. The first-order chi connectivity index (χ1) is 13.0. The Hall–Kier alpha value is -0.930. The minimum Gasteiger partial charge on any atom is -0.392 e. The zero-order chi connectivity index (χ0) is 19.0. The van der Waals surface area contributed by atoms with Crippen molar-refractivity contribution in [2.24, 2.45) is 46.8 Å². The predicted molar refractivity (Wildman–Crippen MR) is 105 cm³/mol. The van der Waals surface area contributed by atoms with E-state index in [0.717, 1.165) is 32.1 Å². The highest BCUT2D eigenvalue weighted by atomic mass is 16.3. The van der Waals surface area contributed by atoms with E-state index in [2.05, 4.69) is 13.8 Å². The van der Waals surface area contributed by atoms with Crippen molar-refractivity contribution in [2.45, 2.75) is 64.4 Å². The van der Waals surface area contributed by atoms with E-state index in [1.807, 2.05) is 12.2 Å². The van der Waals surface area contributed by atoms with Crippen LogP contribution in [0.25, 0.3) is 0 Å². The van der Waals surface area contributed by atoms with Crippen LogP contribution in [0.5, 0.6) is 0 Å². The van der Waals surface area contributed by atoms with Gasteiger partial charge in [0.2, 0.25) is 0 Å². The van der Waals surface area contributed by atoms with E-state index in [9.17, 15) is 15.0 Å². The van der Waals surface area contributed by atoms with E-state index in [0.29, 0.717) is 47.2 Å². The Balaban J connectivity index is 1.53. The largest absolute Gasteiger partial charge is 0.392 e. The first-order valence-electron chi connectivity index (χ1n) is 11.2. The van der Waals surface area contributed by atoms with Gasteiger partial charge in [-0.05, 0) is 86.0 Å². The van der Waals surface area contributed by atoms with Gasteiger partial charge in [0.05, 0.1) is 12.2 Å². The number of fused-ring (bicyclic) bond motifs is 7. The van der Waals surface area contributed by atoms with Gasteiger partial charge in [0, 0.05) is 11.8 Å². The molecule has 0 aliphatic heterocycles. The van der Waals surface area contributed by atoms with E-state index in [4.69, 9.17) is 0 Å². The molecule has 0 heterocycles. The summed E-state index contributed by atoms with van der Waals surface area (Å²) in [5.74, 6) is 4.50. The molecule has 148 valence electrons. The number of rotatable bonds is 3. The van der Waals surface area contributed by atoms with Gasteiger partial charge in [-0.2, -0.15) is 0 Å². The molecule has 5 aliphatic carbocycles. The molecule has 0 bridgehead atoms. The van der Waals surface area contributed by atoms with Gasteiger partial charge in [0.25, 0.3) is 0 Å². The van der Waals surface area contributed by atoms with E-state index < -0.39 is 5.60 Å². The molecule has 0 amide bonds. The fourth-order valence-electron chi connectivity index (χ4n) is 8.54. The third kappa shape index (κ3) is 2.25. The summed E-state index contributed by atoms with van der Waals surface area (Å²) in [6.45, 7) is 4.61. The van der Waals surface area contributed by atoms with Crippen LogP contribution < -0.4 is 0 Å². The van der Waals surface area contributed by atoms with Crippen molar-refractivity contribution in [3.05, 3.63) is 23.8 Å². The molecule has 0 spiro atoms. The zero-order valence-corrected chi connectivity index (χ0v) is 16.7. The molecular formula is C24H34O3. The number of carbonyl (C=O) groups is 1. The summed E-state index contributed by atoms with van der Waals surface area (Å²) in [4.78, 5) is 12.0. The Labute approximate surface area is 162 Å². The van der Waals surface area contributed by atoms with Gasteiger partial charge in [-0.25, -0.2) is 0 Å². The Morgan fingerprint density at radius 3 is 2.78 bits per heavy atom. The van der Waals surface area contributed by atoms with Crippen LogP contribution in [-0.2, 0) is 4.79 Å². The van der Waals surface area contributed by atoms with E-state index in [1.165, 1.54) is 18.4 Å². The number of hydrogen-bond donors (Lipinski definition) is 2. The van der Waals surface area contributed by atoms with E-state index in [1.54, 1.807) is 6.08 Å². The molecule has 5 unspecified atom stereocenters. The molecule has 0 aromatic heterocycles. The molecule has 5 aliphatic rings. The molecule has 4 saturated carbocycles. The fraction of sp³-hybridized carbons (Fsp3) is 0.792. The molecule has 0 radical (unpaired) electrons. The number of aliphatic hydroxyl groups is 2. The molecular weight excluding hydrogens is 336 g/mol. The molecule has 3 nitrogen and oxygen atoms in total. The second-order valence-electron chi connectivity index (χ2n) is 10.2. The summed E-state index contributed by atoms with van der Waals surface area (Å²) in [5, 5.41) is 21.2. The number of hydrogen-bond acceptors (Lipinski definition) is 3. The smallest absolute Gasteiger partial charge is 0.155 e. The quantitative estimate of drug-likeness (QED) is 0.741. The highest BCUT2D eigenvalue weighted by molar-refractivity contribution is 5.91. The molecule has 0 saturated heterocycles. The molecule has 4 fully saturated rings. The van der Waals surface area contributed by atoms with Crippen LogP contribution >= 0.6 is 0 Å². The molecule has 2 N–H and O–H groups in total. The number of allylic oxidation sites excluding steroid dienone is 1. The van der Waals surface area contributed by atoms with Crippen molar-refractivity contribution in [1.82, 2.24) is 0 Å². The minimum atomic E-state index is -0.729. The Morgan fingerprint density at radius 2 is 2.04 bits per heavy atom. The summed E-state index contributed by atoms with van der Waals surface area (Å²) in [5.41, 5.74) is 0.697. The molecule has 0 aromatic carbocycles. The van der Waals surface area contributed by atoms with E-state index in [-0.39, 0.29) is 12.0 Å². The van der Waals surface area contributed by atoms with Crippen LogP contribution in [0.15, 0.2) is 23.8 Å². The molecule has 0 aromatic rings. The summed E-state index contributed by atoms with van der Waals surface area (Å²) in [6, 6.07) is 0. The highest BCUT2D eigenvalue weighted by Crippen LogP contribution is 2.77. The minimum absolute atomic E-state index is 0.0114. The second kappa shape index (κ2) is 6.03. The van der Waals surface area contributed by atoms with E-state index >= 15 is 0 Å². The number of carbonyl (C=O) groups excluding carboxylic acids is 1. The first-order valence-corrected chi connectivity index (χ1v) is 11.2. The third-order valence-electron chi connectivity index (χ3n) is 9.51. The predicted octanol–water partition coefficient (Wildman–Crippen LogP) is 3.90. The first kappa shape index (κ1) is 18.1. The number of aliphatic hydroxyl groups excluding tert-OH is 1. The van der Waals surface area contributed by atoms with Crippen molar-refractivity contribution in [2.75, 3.05) is 6.61 Å². The van der Waals surface area contributed by atoms with Crippen LogP contribution in [0, 0.1) is 46.8 Å². The Kier molecular flexibility index (Phi) is 4.05. The lowest BCUT2D eigenvalue weighted by Crippen LogP contribution is -2.56. The maximum Gasteiger partial charge on any atom is 0.155 e. The van der Waals surface area contributed by atoms with Crippen LogP contribution in [0.1, 0.15) is 58.8 Å².